The van der Waals surface area contributed by atoms with Crippen molar-refractivity contribution < 1.29 is 18.5 Å². The second-order valence-electron chi connectivity index (χ2n) is 15.7. The molecule has 6 rings (SSSR count). The van der Waals surface area contributed by atoms with Crippen LogP contribution >= 0.6 is 11.6 Å². The lowest BCUT2D eigenvalue weighted by Crippen LogP contribution is -2.46. The Morgan fingerprint density at radius 1 is 1.00 bits per heavy atom. The van der Waals surface area contributed by atoms with Crippen molar-refractivity contribution in [3.05, 3.63) is 58.1 Å². The molecule has 2 aromatic rings. The van der Waals surface area contributed by atoms with Crippen LogP contribution in [0.25, 0.3) is 0 Å². The maximum Gasteiger partial charge on any atom is 0.262 e. The van der Waals surface area contributed by atoms with Crippen molar-refractivity contribution in [1.29, 1.82) is 0 Å². The molecule has 282 valence electrons. The van der Waals surface area contributed by atoms with Crippen LogP contribution in [0.1, 0.15) is 93.1 Å². The quantitative estimate of drug-likeness (QED) is 0.327. The SMILES string of the molecule is C=S1(=O)NC(=O)c2ccc3c(c2)N(CC(c2ccc(Cl)cc2CCC)CO3)CC2CCC2C(CN2CCCOCCNCC2)CCCC(C)C1C. The summed E-state index contributed by atoms with van der Waals surface area (Å²) in [4.78, 5) is 18.9. The lowest BCUT2D eigenvalue weighted by molar-refractivity contribution is 0.0611. The topological polar surface area (TPSA) is 83.1 Å². The standard InChI is InChI=1S/C41H61ClN4O4S/c1-5-8-31-23-36(42)13-15-37(31)35-27-46-26-34-11-14-38(34)33(25-45-19-7-21-49-22-18-43-17-20-45)10-6-9-29(2)30(3)51(4,48)44-41(47)32-12-16-40(50-28-35)39(46)24-32/h12-13,15-16,23-24,29-30,33-35,38,43H,4-11,14,17-22,25-28H2,1-3H3,(H,44,47,48). The molecule has 2 bridgehead atoms. The summed E-state index contributed by atoms with van der Waals surface area (Å²) >= 11 is 6.50. The average Bonchev–Trinajstić information content (AvgIpc) is 3.27. The van der Waals surface area contributed by atoms with Gasteiger partial charge in [-0.3, -0.25) is 9.52 Å². The highest BCUT2D eigenvalue weighted by Crippen LogP contribution is 2.45. The lowest BCUT2D eigenvalue weighted by Gasteiger charge is -2.46. The Bertz CT molecular complexity index is 1580. The van der Waals surface area contributed by atoms with E-state index in [0.29, 0.717) is 29.9 Å². The smallest absolute Gasteiger partial charge is 0.262 e. The van der Waals surface area contributed by atoms with Gasteiger partial charge in [0, 0.05) is 74.2 Å². The first-order valence-electron chi connectivity index (χ1n) is 19.6. The second kappa shape index (κ2) is 17.7. The first-order chi connectivity index (χ1) is 24.6. The van der Waals surface area contributed by atoms with Crippen molar-refractivity contribution in [3.63, 3.8) is 0 Å². The number of aryl methyl sites for hydroxylation is 1. The van der Waals surface area contributed by atoms with Gasteiger partial charge in [-0.25, -0.2) is 4.21 Å². The normalized spacial score (nSPS) is 31.7. The number of hydrogen-bond acceptors (Lipinski definition) is 7. The van der Waals surface area contributed by atoms with Crippen LogP contribution in [0.15, 0.2) is 36.4 Å². The lowest BCUT2D eigenvalue weighted by atomic mass is 9.65. The van der Waals surface area contributed by atoms with Gasteiger partial charge < -0.3 is 24.6 Å². The van der Waals surface area contributed by atoms with Gasteiger partial charge in [-0.05, 0) is 116 Å². The van der Waals surface area contributed by atoms with Gasteiger partial charge in [-0.15, -0.1) is 0 Å². The summed E-state index contributed by atoms with van der Waals surface area (Å²) in [6.07, 6.45) is 8.75. The molecule has 7 atom stereocenters. The highest BCUT2D eigenvalue weighted by atomic mass is 35.5. The van der Waals surface area contributed by atoms with Crippen LogP contribution in [0.5, 0.6) is 5.75 Å². The molecule has 1 amide bonds. The highest BCUT2D eigenvalue weighted by molar-refractivity contribution is 7.99. The summed E-state index contributed by atoms with van der Waals surface area (Å²) in [5, 5.41) is 4.10. The molecule has 8 nitrogen and oxygen atoms in total. The van der Waals surface area contributed by atoms with E-state index in [9.17, 15) is 9.00 Å². The maximum atomic E-state index is 14.0. The molecule has 1 saturated heterocycles. The number of nitrogens with zero attached hydrogens (tertiary/aromatic N) is 2. The number of anilines is 1. The minimum atomic E-state index is -2.88. The van der Waals surface area contributed by atoms with Gasteiger partial charge in [0.25, 0.3) is 5.91 Å². The number of rotatable bonds is 5. The summed E-state index contributed by atoms with van der Waals surface area (Å²) in [5.41, 5.74) is 4.02. The highest BCUT2D eigenvalue weighted by Gasteiger charge is 2.40. The number of halogens is 1. The first-order valence-corrected chi connectivity index (χ1v) is 21.8. The first kappa shape index (κ1) is 38.4. The van der Waals surface area contributed by atoms with Gasteiger partial charge in [0.15, 0.2) is 0 Å². The largest absolute Gasteiger partial charge is 0.491 e. The van der Waals surface area contributed by atoms with Crippen LogP contribution in [0.2, 0.25) is 5.02 Å². The van der Waals surface area contributed by atoms with Crippen molar-refractivity contribution in [2.45, 2.75) is 83.3 Å². The Labute approximate surface area is 312 Å². The van der Waals surface area contributed by atoms with E-state index >= 15 is 0 Å². The average molecular weight is 741 g/mol. The van der Waals surface area contributed by atoms with Gasteiger partial charge >= 0.3 is 0 Å². The predicted octanol–water partition coefficient (Wildman–Crippen LogP) is 6.80. The molecule has 0 radical (unpaired) electrons. The third-order valence-corrected chi connectivity index (χ3v) is 14.7. The third-order valence-electron chi connectivity index (χ3n) is 12.2. The zero-order chi connectivity index (χ0) is 36.0. The Balaban J connectivity index is 1.34. The van der Waals surface area contributed by atoms with Crippen molar-refractivity contribution in [1.82, 2.24) is 14.9 Å². The van der Waals surface area contributed by atoms with Gasteiger partial charge in [0.05, 0.1) is 28.6 Å². The number of benzene rings is 2. The van der Waals surface area contributed by atoms with Crippen molar-refractivity contribution >= 4 is 38.8 Å². The van der Waals surface area contributed by atoms with E-state index in [1.165, 1.54) is 24.0 Å². The number of amides is 1. The molecule has 0 spiro atoms. The molecule has 0 aromatic heterocycles. The number of fused-ring (bicyclic) bond motifs is 2. The van der Waals surface area contributed by atoms with Crippen LogP contribution in [0.3, 0.4) is 0 Å². The zero-order valence-corrected chi connectivity index (χ0v) is 32.7. The summed E-state index contributed by atoms with van der Waals surface area (Å²) in [5.74, 6) is 6.65. The maximum absolute atomic E-state index is 14.0. The summed E-state index contributed by atoms with van der Waals surface area (Å²) in [6.45, 7) is 15.4. The van der Waals surface area contributed by atoms with E-state index < -0.39 is 9.71 Å². The van der Waals surface area contributed by atoms with Crippen LogP contribution in [-0.4, -0.2) is 91.8 Å². The van der Waals surface area contributed by atoms with E-state index in [2.05, 4.69) is 51.7 Å². The fourth-order valence-electron chi connectivity index (χ4n) is 8.87. The minimum Gasteiger partial charge on any atom is -0.491 e. The number of ether oxygens (including phenoxy) is 2. The van der Waals surface area contributed by atoms with Gasteiger partial charge in [0.2, 0.25) is 0 Å². The summed E-state index contributed by atoms with van der Waals surface area (Å²) in [6, 6.07) is 12.0. The van der Waals surface area contributed by atoms with Crippen LogP contribution in [-0.2, 0) is 20.9 Å². The van der Waals surface area contributed by atoms with E-state index in [-0.39, 0.29) is 23.0 Å². The minimum absolute atomic E-state index is 0.151. The third kappa shape index (κ3) is 9.63. The fourth-order valence-corrected chi connectivity index (χ4v) is 10.6. The summed E-state index contributed by atoms with van der Waals surface area (Å²) in [7, 11) is -2.88. The Hall–Kier alpha value is -2.30. The second-order valence-corrected chi connectivity index (χ2v) is 18.6. The Morgan fingerprint density at radius 2 is 1.86 bits per heavy atom. The summed E-state index contributed by atoms with van der Waals surface area (Å²) < 4.78 is 29.3. The molecule has 1 saturated carbocycles. The molecule has 51 heavy (non-hydrogen) atoms. The van der Waals surface area contributed by atoms with E-state index in [4.69, 9.17) is 21.1 Å². The molecule has 1 aliphatic carbocycles. The zero-order valence-electron chi connectivity index (χ0n) is 31.2. The van der Waals surface area contributed by atoms with Crippen LogP contribution in [0.4, 0.5) is 5.69 Å². The van der Waals surface area contributed by atoms with E-state index in [0.717, 1.165) is 114 Å². The number of carbonyl (C=O) groups excluding carboxylic acids is 1. The Morgan fingerprint density at radius 3 is 2.67 bits per heavy atom. The Kier molecular flexibility index (Phi) is 13.3. The molecule has 3 aliphatic heterocycles. The molecular formula is C41H61ClN4O4S. The van der Waals surface area contributed by atoms with Gasteiger partial charge in [0.1, 0.15) is 5.75 Å². The van der Waals surface area contributed by atoms with E-state index in [1.54, 1.807) is 6.07 Å². The fraction of sp³-hybridized carbons (Fsp3) is 0.659. The number of nitrogens with one attached hydrogen (secondary N) is 2. The van der Waals surface area contributed by atoms with E-state index in [1.807, 2.05) is 25.1 Å². The monoisotopic (exact) mass is 740 g/mol. The molecule has 2 N–H and O–H groups in total. The van der Waals surface area contributed by atoms with Crippen LogP contribution in [0, 0.1) is 23.7 Å². The molecule has 4 aliphatic rings. The number of carbonyl (C=O) groups is 1. The van der Waals surface area contributed by atoms with Gasteiger partial charge in [-0.2, -0.15) is 0 Å². The molecule has 3 heterocycles. The predicted molar refractivity (Wildman–Crippen MR) is 212 cm³/mol. The number of hydrogen-bond donors (Lipinski definition) is 2. The van der Waals surface area contributed by atoms with Gasteiger partial charge in [-0.1, -0.05) is 44.4 Å². The molecule has 7 unspecified atom stereocenters. The molecular weight excluding hydrogens is 680 g/mol. The van der Waals surface area contributed by atoms with Crippen molar-refractivity contribution in [2.24, 2.45) is 23.7 Å². The molecule has 2 fully saturated rings. The molecule has 2 aromatic carbocycles. The van der Waals surface area contributed by atoms with Crippen molar-refractivity contribution in [2.75, 3.05) is 70.5 Å². The van der Waals surface area contributed by atoms with Crippen molar-refractivity contribution in [3.8, 4) is 5.75 Å². The molecule has 10 heteroatoms. The van der Waals surface area contributed by atoms with Crippen LogP contribution < -0.4 is 19.7 Å².